The van der Waals surface area contributed by atoms with E-state index in [4.69, 9.17) is 9.47 Å². The standard InChI is InChI=1S/C25H30N8O2/c1-17-12-22-28-23-14-20-13-18(7-10-33(20)30-23)24-21(15-26-31(24)2)35-16-19-6-5-9-32(19)8-3-4-11-34-25(27-17)29-22/h7,10,12-15,19H,3-6,8-9,11,16H2,1-2H3,(H,27,28,29,30)/t19-/m1/s1. The third kappa shape index (κ3) is 4.53. The summed E-state index contributed by atoms with van der Waals surface area (Å²) in [5, 5.41) is 12.4. The van der Waals surface area contributed by atoms with E-state index in [2.05, 4.69) is 36.4 Å². The third-order valence-electron chi connectivity index (χ3n) is 6.73. The lowest BCUT2D eigenvalue weighted by molar-refractivity contribution is 0.167. The number of fused-ring (bicyclic) bond motifs is 7. The van der Waals surface area contributed by atoms with Crippen LogP contribution in [0.1, 0.15) is 31.4 Å². The van der Waals surface area contributed by atoms with Gasteiger partial charge in [0.2, 0.25) is 0 Å². The minimum atomic E-state index is 0.393. The second-order valence-electron chi connectivity index (χ2n) is 9.30. The van der Waals surface area contributed by atoms with Crippen LogP contribution in [0, 0.1) is 6.92 Å². The SMILES string of the molecule is Cc1cc2nc(n1)OCCCCN1CCC[C@@H]1COc1cnn(C)c1-c1ccn3nc(cc3c1)N2. The van der Waals surface area contributed by atoms with E-state index in [1.165, 1.54) is 6.42 Å². The molecule has 0 unspecified atom stereocenters. The van der Waals surface area contributed by atoms with Gasteiger partial charge in [0, 0.05) is 42.7 Å². The Morgan fingerprint density at radius 2 is 1.94 bits per heavy atom. The van der Waals surface area contributed by atoms with Crippen LogP contribution in [0.3, 0.4) is 0 Å². The molecule has 1 fully saturated rings. The van der Waals surface area contributed by atoms with E-state index in [0.29, 0.717) is 36.9 Å². The lowest BCUT2D eigenvalue weighted by atomic mass is 10.1. The molecule has 1 N–H and O–H groups in total. The molecule has 5 bridgehead atoms. The van der Waals surface area contributed by atoms with Gasteiger partial charge in [-0.15, -0.1) is 0 Å². The van der Waals surface area contributed by atoms with Crippen molar-refractivity contribution in [3.63, 3.8) is 0 Å². The van der Waals surface area contributed by atoms with Crippen molar-refractivity contribution in [2.75, 3.05) is 31.6 Å². The third-order valence-corrected chi connectivity index (χ3v) is 6.73. The summed E-state index contributed by atoms with van der Waals surface area (Å²) in [5.41, 5.74) is 3.80. The average molecular weight is 475 g/mol. The number of hydrogen-bond donors (Lipinski definition) is 1. The van der Waals surface area contributed by atoms with Gasteiger partial charge in [-0.1, -0.05) is 0 Å². The quantitative estimate of drug-likeness (QED) is 0.413. The normalized spacial score (nSPS) is 19.1. The van der Waals surface area contributed by atoms with Gasteiger partial charge in [0.05, 0.1) is 18.3 Å². The molecule has 0 radical (unpaired) electrons. The zero-order valence-corrected chi connectivity index (χ0v) is 20.1. The Labute approximate surface area is 203 Å². The summed E-state index contributed by atoms with van der Waals surface area (Å²) in [5.74, 6) is 2.17. The van der Waals surface area contributed by atoms with Gasteiger partial charge in [0.25, 0.3) is 0 Å². The molecule has 0 amide bonds. The van der Waals surface area contributed by atoms with Gasteiger partial charge in [-0.05, 0) is 57.8 Å². The maximum Gasteiger partial charge on any atom is 0.318 e. The van der Waals surface area contributed by atoms with Crippen LogP contribution in [-0.4, -0.2) is 66.6 Å². The van der Waals surface area contributed by atoms with Gasteiger partial charge in [-0.3, -0.25) is 9.58 Å². The second-order valence-corrected chi connectivity index (χ2v) is 9.30. The van der Waals surface area contributed by atoms with E-state index < -0.39 is 0 Å². The minimum Gasteiger partial charge on any atom is -0.488 e. The molecule has 0 aromatic carbocycles. The number of nitrogens with one attached hydrogen (secondary N) is 1. The Morgan fingerprint density at radius 3 is 2.89 bits per heavy atom. The van der Waals surface area contributed by atoms with Crippen molar-refractivity contribution in [3.8, 4) is 23.0 Å². The Balaban J connectivity index is 1.36. The summed E-state index contributed by atoms with van der Waals surface area (Å²) in [6.07, 6.45) is 8.14. The average Bonchev–Trinajstić information content (AvgIpc) is 3.54. The first-order valence-corrected chi connectivity index (χ1v) is 12.3. The van der Waals surface area contributed by atoms with Gasteiger partial charge in [-0.25, -0.2) is 9.50 Å². The summed E-state index contributed by atoms with van der Waals surface area (Å²) < 4.78 is 16.0. The van der Waals surface area contributed by atoms with Crippen LogP contribution in [0.5, 0.6) is 11.8 Å². The van der Waals surface area contributed by atoms with Crippen molar-refractivity contribution in [2.45, 2.75) is 38.6 Å². The highest BCUT2D eigenvalue weighted by molar-refractivity contribution is 5.72. The van der Waals surface area contributed by atoms with Crippen LogP contribution in [-0.2, 0) is 7.05 Å². The number of rotatable bonds is 0. The van der Waals surface area contributed by atoms with Crippen LogP contribution >= 0.6 is 0 Å². The molecule has 0 aliphatic carbocycles. The molecule has 6 heterocycles. The number of nitrogens with zero attached hydrogens (tertiary/aromatic N) is 7. The van der Waals surface area contributed by atoms with E-state index in [1.807, 2.05) is 53.8 Å². The van der Waals surface area contributed by atoms with Crippen molar-refractivity contribution in [1.82, 2.24) is 34.3 Å². The molecule has 2 aliphatic heterocycles. The van der Waals surface area contributed by atoms with Gasteiger partial charge in [0.1, 0.15) is 18.1 Å². The van der Waals surface area contributed by atoms with Crippen molar-refractivity contribution < 1.29 is 9.47 Å². The molecular formula is C25H30N8O2. The van der Waals surface area contributed by atoms with E-state index in [-0.39, 0.29) is 0 Å². The van der Waals surface area contributed by atoms with Crippen LogP contribution in [0.25, 0.3) is 16.8 Å². The van der Waals surface area contributed by atoms with E-state index in [1.54, 1.807) is 0 Å². The maximum atomic E-state index is 6.36. The van der Waals surface area contributed by atoms with E-state index in [0.717, 1.165) is 60.6 Å². The fourth-order valence-corrected chi connectivity index (χ4v) is 5.00. The monoisotopic (exact) mass is 474 g/mol. The first-order valence-electron chi connectivity index (χ1n) is 12.3. The summed E-state index contributed by atoms with van der Waals surface area (Å²) >= 11 is 0. The fourth-order valence-electron chi connectivity index (χ4n) is 5.00. The second kappa shape index (κ2) is 9.18. The van der Waals surface area contributed by atoms with Gasteiger partial charge >= 0.3 is 6.01 Å². The van der Waals surface area contributed by atoms with Crippen LogP contribution in [0.2, 0.25) is 0 Å². The summed E-state index contributed by atoms with van der Waals surface area (Å²) in [6, 6.07) is 8.84. The number of ether oxygens (including phenoxy) is 2. The Kier molecular flexibility index (Phi) is 5.73. The number of aryl methyl sites for hydroxylation is 2. The van der Waals surface area contributed by atoms with Crippen molar-refractivity contribution >= 4 is 17.2 Å². The fraction of sp³-hybridized carbons (Fsp3) is 0.440. The Hall–Kier alpha value is -3.66. The molecule has 2 aliphatic rings. The zero-order valence-electron chi connectivity index (χ0n) is 20.1. The molecule has 4 aromatic heterocycles. The predicted octanol–water partition coefficient (Wildman–Crippen LogP) is 3.59. The van der Waals surface area contributed by atoms with Crippen LogP contribution < -0.4 is 14.8 Å². The first kappa shape index (κ1) is 21.8. The lowest BCUT2D eigenvalue weighted by Gasteiger charge is -2.24. The highest BCUT2D eigenvalue weighted by Gasteiger charge is 2.25. The van der Waals surface area contributed by atoms with Crippen molar-refractivity contribution in [3.05, 3.63) is 42.4 Å². The van der Waals surface area contributed by atoms with Gasteiger partial charge in [-0.2, -0.15) is 15.2 Å². The van der Waals surface area contributed by atoms with Crippen molar-refractivity contribution in [1.29, 1.82) is 0 Å². The predicted molar refractivity (Wildman–Crippen MR) is 132 cm³/mol. The van der Waals surface area contributed by atoms with Crippen LogP contribution in [0.4, 0.5) is 11.6 Å². The molecule has 35 heavy (non-hydrogen) atoms. The largest absolute Gasteiger partial charge is 0.488 e. The van der Waals surface area contributed by atoms with Gasteiger partial charge in [0.15, 0.2) is 11.6 Å². The van der Waals surface area contributed by atoms with Crippen molar-refractivity contribution in [2.24, 2.45) is 7.05 Å². The number of hydrogen-bond acceptors (Lipinski definition) is 8. The summed E-state index contributed by atoms with van der Waals surface area (Å²) in [6.45, 7) is 5.35. The molecule has 4 aromatic rings. The molecular weight excluding hydrogens is 444 g/mol. The molecule has 10 heteroatoms. The number of anilines is 2. The van der Waals surface area contributed by atoms with E-state index in [9.17, 15) is 0 Å². The molecule has 10 nitrogen and oxygen atoms in total. The summed E-state index contributed by atoms with van der Waals surface area (Å²) in [7, 11) is 1.95. The molecule has 0 saturated carbocycles. The van der Waals surface area contributed by atoms with Crippen LogP contribution in [0.15, 0.2) is 36.7 Å². The molecule has 0 spiro atoms. The number of aromatic nitrogens is 6. The molecule has 1 atom stereocenters. The summed E-state index contributed by atoms with van der Waals surface area (Å²) in [4.78, 5) is 11.5. The topological polar surface area (TPSA) is 94.6 Å². The number of pyridine rings is 1. The minimum absolute atomic E-state index is 0.393. The highest BCUT2D eigenvalue weighted by atomic mass is 16.5. The highest BCUT2D eigenvalue weighted by Crippen LogP contribution is 2.32. The molecule has 182 valence electrons. The molecule has 6 rings (SSSR count). The maximum absolute atomic E-state index is 6.36. The first-order chi connectivity index (χ1) is 17.1. The Bertz CT molecular complexity index is 1350. The smallest absolute Gasteiger partial charge is 0.318 e. The van der Waals surface area contributed by atoms with Gasteiger partial charge < -0.3 is 14.8 Å². The lowest BCUT2D eigenvalue weighted by Crippen LogP contribution is -2.35. The zero-order chi connectivity index (χ0) is 23.8. The Morgan fingerprint density at radius 1 is 1.03 bits per heavy atom. The van der Waals surface area contributed by atoms with E-state index >= 15 is 0 Å². The molecule has 1 saturated heterocycles.